The van der Waals surface area contributed by atoms with E-state index in [2.05, 4.69) is 15.3 Å². The largest absolute Gasteiger partial charge is 0.444 e. The summed E-state index contributed by atoms with van der Waals surface area (Å²) in [6, 6.07) is 5.50. The molecule has 0 fully saturated rings. The number of benzene rings is 1. The molecule has 0 aliphatic heterocycles. The number of hydrogen-bond donors (Lipinski definition) is 2. The first-order chi connectivity index (χ1) is 11.3. The van der Waals surface area contributed by atoms with Crippen LogP contribution in [0.5, 0.6) is 0 Å². The van der Waals surface area contributed by atoms with E-state index in [1.165, 1.54) is 18.5 Å². The first-order valence-corrected chi connectivity index (χ1v) is 7.45. The van der Waals surface area contributed by atoms with Crippen LogP contribution in [0.15, 0.2) is 30.7 Å². The lowest BCUT2D eigenvalue weighted by Gasteiger charge is -2.24. The molecule has 6 nitrogen and oxygen atoms in total. The Kier molecular flexibility index (Phi) is 5.19. The monoisotopic (exact) mass is 330 g/mol. The van der Waals surface area contributed by atoms with Gasteiger partial charge in [0.1, 0.15) is 17.5 Å². The molecule has 0 bridgehead atoms. The van der Waals surface area contributed by atoms with Gasteiger partial charge in [-0.3, -0.25) is 0 Å². The molecule has 2 N–H and O–H groups in total. The fraction of sp³-hybridized carbons (Fsp3) is 0.353. The summed E-state index contributed by atoms with van der Waals surface area (Å²) in [6.45, 7) is 5.29. The minimum absolute atomic E-state index is 0.0451. The number of carbonyl (C=O) groups is 1. The van der Waals surface area contributed by atoms with Gasteiger partial charge in [-0.1, -0.05) is 6.07 Å². The van der Waals surface area contributed by atoms with Gasteiger partial charge < -0.3 is 15.0 Å². The summed E-state index contributed by atoms with van der Waals surface area (Å²) in [5.74, 6) is -0.629. The second-order valence-electron chi connectivity index (χ2n) is 6.33. The van der Waals surface area contributed by atoms with Crippen molar-refractivity contribution in [3.63, 3.8) is 0 Å². The van der Waals surface area contributed by atoms with Crippen LogP contribution in [-0.4, -0.2) is 21.7 Å². The zero-order chi connectivity index (χ0) is 17.7. The zero-order valence-electron chi connectivity index (χ0n) is 13.8. The summed E-state index contributed by atoms with van der Waals surface area (Å²) in [4.78, 5) is 19.0. The molecule has 0 radical (unpaired) electrons. The van der Waals surface area contributed by atoms with Gasteiger partial charge in [0, 0.05) is 18.3 Å². The molecule has 7 heteroatoms. The number of rotatable bonds is 4. The van der Waals surface area contributed by atoms with E-state index in [0.29, 0.717) is 12.0 Å². The van der Waals surface area contributed by atoms with E-state index in [1.54, 1.807) is 39.1 Å². The van der Waals surface area contributed by atoms with Crippen LogP contribution < -0.4 is 5.32 Å². The van der Waals surface area contributed by atoms with Gasteiger partial charge in [0.05, 0.1) is 17.9 Å². The predicted molar refractivity (Wildman–Crippen MR) is 85.5 cm³/mol. The van der Waals surface area contributed by atoms with Crippen molar-refractivity contribution in [1.29, 1.82) is 5.26 Å². The number of amides is 1. The molecule has 1 heterocycles. The molecule has 126 valence electrons. The predicted octanol–water partition coefficient (Wildman–Crippen LogP) is 3.23. The number of halogens is 1. The van der Waals surface area contributed by atoms with Crippen molar-refractivity contribution in [2.45, 2.75) is 38.8 Å². The van der Waals surface area contributed by atoms with E-state index in [-0.39, 0.29) is 5.56 Å². The average molecular weight is 330 g/mol. The average Bonchev–Trinajstić information content (AvgIpc) is 2.97. The van der Waals surface area contributed by atoms with Crippen LogP contribution in [0.1, 0.15) is 43.6 Å². The maximum Gasteiger partial charge on any atom is 0.408 e. The smallest absolute Gasteiger partial charge is 0.408 e. The fourth-order valence-corrected chi connectivity index (χ4v) is 2.16. The Morgan fingerprint density at radius 3 is 2.79 bits per heavy atom. The Morgan fingerprint density at radius 1 is 1.50 bits per heavy atom. The highest BCUT2D eigenvalue weighted by Gasteiger charge is 2.22. The van der Waals surface area contributed by atoms with Crippen molar-refractivity contribution in [1.82, 2.24) is 15.3 Å². The highest BCUT2D eigenvalue weighted by atomic mass is 19.1. The fourth-order valence-electron chi connectivity index (χ4n) is 2.16. The first kappa shape index (κ1) is 17.5. The Balaban J connectivity index is 2.24. The zero-order valence-corrected chi connectivity index (χ0v) is 13.8. The number of H-pyrrole nitrogens is 1. The van der Waals surface area contributed by atoms with E-state index in [4.69, 9.17) is 10.00 Å². The van der Waals surface area contributed by atoms with Crippen LogP contribution in [0.25, 0.3) is 0 Å². The number of ether oxygens (including phenoxy) is 1. The highest BCUT2D eigenvalue weighted by molar-refractivity contribution is 5.68. The highest BCUT2D eigenvalue weighted by Crippen LogP contribution is 2.21. The SMILES string of the molecule is CC(C)(C)OC(=O)NC(Cc1cnc[nH]1)c1ccc(C#N)c(F)c1. The van der Waals surface area contributed by atoms with Gasteiger partial charge in [-0.2, -0.15) is 5.26 Å². The lowest BCUT2D eigenvalue weighted by Crippen LogP contribution is -2.35. The summed E-state index contributed by atoms with van der Waals surface area (Å²) in [5, 5.41) is 11.6. The summed E-state index contributed by atoms with van der Waals surface area (Å²) in [7, 11) is 0. The van der Waals surface area contributed by atoms with Crippen molar-refractivity contribution in [3.05, 3.63) is 53.4 Å². The van der Waals surface area contributed by atoms with Crippen molar-refractivity contribution < 1.29 is 13.9 Å². The number of carbonyl (C=O) groups excluding carboxylic acids is 1. The van der Waals surface area contributed by atoms with Crippen molar-refractivity contribution in [3.8, 4) is 6.07 Å². The minimum Gasteiger partial charge on any atom is -0.444 e. The topological polar surface area (TPSA) is 90.8 Å². The van der Waals surface area contributed by atoms with Crippen LogP contribution >= 0.6 is 0 Å². The van der Waals surface area contributed by atoms with Crippen molar-refractivity contribution in [2.24, 2.45) is 0 Å². The lowest BCUT2D eigenvalue weighted by atomic mass is 10.0. The number of nitriles is 1. The van der Waals surface area contributed by atoms with E-state index in [0.717, 1.165) is 5.69 Å². The number of nitrogens with one attached hydrogen (secondary N) is 2. The van der Waals surface area contributed by atoms with Crippen LogP contribution in [-0.2, 0) is 11.2 Å². The summed E-state index contributed by atoms with van der Waals surface area (Å²) in [6.07, 6.45) is 2.94. The van der Waals surface area contributed by atoms with Crippen LogP contribution in [0.4, 0.5) is 9.18 Å². The lowest BCUT2D eigenvalue weighted by molar-refractivity contribution is 0.0503. The molecule has 0 saturated carbocycles. The molecule has 2 rings (SSSR count). The van der Waals surface area contributed by atoms with E-state index in [9.17, 15) is 9.18 Å². The second kappa shape index (κ2) is 7.13. The quantitative estimate of drug-likeness (QED) is 0.900. The molecule has 0 spiro atoms. The molecule has 0 aliphatic rings. The molecular weight excluding hydrogens is 311 g/mol. The molecule has 1 unspecified atom stereocenters. The van der Waals surface area contributed by atoms with Crippen LogP contribution in [0.3, 0.4) is 0 Å². The minimum atomic E-state index is -0.640. The molecule has 1 atom stereocenters. The number of hydrogen-bond acceptors (Lipinski definition) is 4. The van der Waals surface area contributed by atoms with Crippen molar-refractivity contribution in [2.75, 3.05) is 0 Å². The number of imidazole rings is 1. The Morgan fingerprint density at radius 2 is 2.25 bits per heavy atom. The summed E-state index contributed by atoms with van der Waals surface area (Å²) < 4.78 is 19.2. The third-order valence-corrected chi connectivity index (χ3v) is 3.19. The molecular formula is C17H19FN4O2. The number of alkyl carbamates (subject to hydrolysis) is 1. The van der Waals surface area contributed by atoms with E-state index >= 15 is 0 Å². The molecule has 1 aromatic carbocycles. The number of nitrogens with zero attached hydrogens (tertiary/aromatic N) is 2. The molecule has 0 aliphatic carbocycles. The normalized spacial score (nSPS) is 12.3. The maximum absolute atomic E-state index is 13.9. The van der Waals surface area contributed by atoms with Gasteiger partial charge in [0.2, 0.25) is 0 Å². The van der Waals surface area contributed by atoms with Gasteiger partial charge >= 0.3 is 6.09 Å². The standard InChI is InChI=1S/C17H19FN4O2/c1-17(2,3)24-16(23)22-15(7-13-9-20-10-21-13)11-4-5-12(8-19)14(18)6-11/h4-6,9-10,15H,7H2,1-3H3,(H,20,21)(H,22,23). The van der Waals surface area contributed by atoms with Crippen LogP contribution in [0, 0.1) is 17.1 Å². The molecule has 24 heavy (non-hydrogen) atoms. The Hall–Kier alpha value is -2.88. The molecule has 1 amide bonds. The molecule has 0 saturated heterocycles. The summed E-state index contributed by atoms with van der Waals surface area (Å²) in [5.41, 5.74) is 0.627. The second-order valence-corrected chi connectivity index (χ2v) is 6.33. The van der Waals surface area contributed by atoms with Gasteiger partial charge in [0.15, 0.2) is 0 Å². The number of aromatic amines is 1. The Labute approximate surface area is 139 Å². The van der Waals surface area contributed by atoms with Gasteiger partial charge in [-0.15, -0.1) is 0 Å². The van der Waals surface area contributed by atoms with Gasteiger partial charge in [-0.05, 0) is 38.5 Å². The van der Waals surface area contributed by atoms with Crippen molar-refractivity contribution >= 4 is 6.09 Å². The third-order valence-electron chi connectivity index (χ3n) is 3.19. The van der Waals surface area contributed by atoms with E-state index < -0.39 is 23.6 Å². The van der Waals surface area contributed by atoms with Gasteiger partial charge in [-0.25, -0.2) is 14.2 Å². The molecule has 2 aromatic rings. The maximum atomic E-state index is 13.9. The Bertz CT molecular complexity index is 745. The van der Waals surface area contributed by atoms with E-state index in [1.807, 2.05) is 0 Å². The van der Waals surface area contributed by atoms with Crippen LogP contribution in [0.2, 0.25) is 0 Å². The van der Waals surface area contributed by atoms with Gasteiger partial charge in [0.25, 0.3) is 0 Å². The molecule has 1 aromatic heterocycles. The number of aromatic nitrogens is 2. The third kappa shape index (κ3) is 4.81. The first-order valence-electron chi connectivity index (χ1n) is 7.45. The summed E-state index contributed by atoms with van der Waals surface area (Å²) >= 11 is 0.